The van der Waals surface area contributed by atoms with E-state index >= 15 is 0 Å². The fourth-order valence-corrected chi connectivity index (χ4v) is 4.66. The van der Waals surface area contributed by atoms with Crippen LogP contribution in [0.1, 0.15) is 30.0 Å². The number of halogens is 1. The molecule has 2 aromatic carbocycles. The summed E-state index contributed by atoms with van der Waals surface area (Å²) in [5.74, 6) is 1.84. The van der Waals surface area contributed by atoms with Crippen molar-refractivity contribution in [3.05, 3.63) is 70.6 Å². The molecule has 0 N–H and O–H groups in total. The van der Waals surface area contributed by atoms with Crippen LogP contribution in [0.5, 0.6) is 5.75 Å². The molecule has 1 aliphatic heterocycles. The van der Waals surface area contributed by atoms with E-state index in [1.807, 2.05) is 11.3 Å². The number of aromatic nitrogens is 1. The Kier molecular flexibility index (Phi) is 6.45. The Morgan fingerprint density at radius 2 is 1.86 bits per heavy atom. The standard InChI is InChI=1S/C23H25N2OS.HI/c1-5-24-19-14-16(3)17(4)15-20(19)26-22(24)12-9-13-23-25(6-2)18-10-7-8-11-21(18)27-23;/h7-15H,5-6H2,1-4H3;1H/q+1;/p-1. The Morgan fingerprint density at radius 3 is 2.61 bits per heavy atom. The Bertz CT molecular complexity index is 1070. The van der Waals surface area contributed by atoms with E-state index in [4.69, 9.17) is 4.74 Å². The van der Waals surface area contributed by atoms with E-state index in [1.54, 1.807) is 0 Å². The van der Waals surface area contributed by atoms with E-state index in [-0.39, 0.29) is 24.0 Å². The molecule has 0 atom stereocenters. The maximum Gasteiger partial charge on any atom is 0.262 e. The van der Waals surface area contributed by atoms with Crippen LogP contribution in [0.15, 0.2) is 54.4 Å². The van der Waals surface area contributed by atoms with E-state index in [0.29, 0.717) is 0 Å². The minimum atomic E-state index is 0. The molecule has 2 heterocycles. The molecule has 146 valence electrons. The van der Waals surface area contributed by atoms with Crippen LogP contribution in [0.2, 0.25) is 0 Å². The summed E-state index contributed by atoms with van der Waals surface area (Å²) in [6, 6.07) is 12.9. The summed E-state index contributed by atoms with van der Waals surface area (Å²) in [6.07, 6.45) is 6.34. The topological polar surface area (TPSA) is 16.4 Å². The van der Waals surface area contributed by atoms with Gasteiger partial charge >= 0.3 is 0 Å². The lowest BCUT2D eigenvalue weighted by molar-refractivity contribution is -0.665. The largest absolute Gasteiger partial charge is 1.00 e. The number of thiazole rings is 1. The molecule has 0 bridgehead atoms. The maximum absolute atomic E-state index is 6.13. The van der Waals surface area contributed by atoms with Gasteiger partial charge in [0.2, 0.25) is 11.4 Å². The van der Waals surface area contributed by atoms with Crippen molar-refractivity contribution in [1.82, 2.24) is 0 Å². The second kappa shape index (κ2) is 8.66. The highest BCUT2D eigenvalue weighted by Crippen LogP contribution is 2.40. The highest BCUT2D eigenvalue weighted by molar-refractivity contribution is 7.18. The molecule has 5 heteroatoms. The van der Waals surface area contributed by atoms with Crippen LogP contribution in [0.25, 0.3) is 16.3 Å². The highest BCUT2D eigenvalue weighted by Gasteiger charge is 2.25. The summed E-state index contributed by atoms with van der Waals surface area (Å²) in [6.45, 7) is 10.5. The van der Waals surface area contributed by atoms with Gasteiger partial charge in [0.25, 0.3) is 5.01 Å². The zero-order valence-electron chi connectivity index (χ0n) is 16.7. The Balaban J connectivity index is 0.00000225. The summed E-state index contributed by atoms with van der Waals surface area (Å²) in [5, 5.41) is 1.25. The quantitative estimate of drug-likeness (QED) is 0.402. The van der Waals surface area contributed by atoms with Crippen LogP contribution < -0.4 is 38.2 Å². The molecule has 0 amide bonds. The van der Waals surface area contributed by atoms with E-state index in [1.165, 1.54) is 26.4 Å². The predicted octanol–water partition coefficient (Wildman–Crippen LogP) is 2.60. The average Bonchev–Trinajstić information content (AvgIpc) is 3.19. The number of aryl methyl sites for hydroxylation is 3. The minimum Gasteiger partial charge on any atom is -1.00 e. The monoisotopic (exact) mass is 504 g/mol. The van der Waals surface area contributed by atoms with E-state index < -0.39 is 0 Å². The Hall–Kier alpha value is -1.86. The first-order valence-electron chi connectivity index (χ1n) is 9.48. The summed E-state index contributed by atoms with van der Waals surface area (Å²) in [7, 11) is 0. The zero-order chi connectivity index (χ0) is 19.0. The van der Waals surface area contributed by atoms with E-state index in [2.05, 4.69) is 91.8 Å². The first-order chi connectivity index (χ1) is 13.1. The average molecular weight is 504 g/mol. The number of ether oxygens (including phenoxy) is 1. The Morgan fingerprint density at radius 1 is 1.11 bits per heavy atom. The Labute approximate surface area is 188 Å². The summed E-state index contributed by atoms with van der Waals surface area (Å²) >= 11 is 1.82. The van der Waals surface area contributed by atoms with Crippen molar-refractivity contribution in [2.45, 2.75) is 34.2 Å². The molecule has 0 saturated heterocycles. The van der Waals surface area contributed by atoms with Crippen molar-refractivity contribution in [1.29, 1.82) is 0 Å². The van der Waals surface area contributed by atoms with Gasteiger partial charge in [0.1, 0.15) is 11.2 Å². The molecule has 3 nitrogen and oxygen atoms in total. The molecular formula is C23H25IN2OS. The van der Waals surface area contributed by atoms with Gasteiger partial charge in [-0.15, -0.1) is 0 Å². The van der Waals surface area contributed by atoms with Gasteiger partial charge in [-0.3, -0.25) is 0 Å². The number of anilines is 1. The second-order valence-electron chi connectivity index (χ2n) is 6.77. The number of hydrogen-bond acceptors (Lipinski definition) is 3. The minimum absolute atomic E-state index is 0. The molecule has 1 aromatic heterocycles. The fourth-order valence-electron chi connectivity index (χ4n) is 3.52. The van der Waals surface area contributed by atoms with Gasteiger partial charge < -0.3 is 33.6 Å². The SMILES string of the molecule is CCN1/C(=C/C=C/c2sc3ccccc3[n+]2CC)Oc2cc(C)c(C)cc21.[I-]. The molecular weight excluding hydrogens is 479 g/mol. The lowest BCUT2D eigenvalue weighted by Crippen LogP contribution is -3.00. The number of rotatable bonds is 4. The summed E-state index contributed by atoms with van der Waals surface area (Å²) in [5.41, 5.74) is 5.01. The fraction of sp³-hybridized carbons (Fsp3) is 0.261. The molecule has 1 aliphatic rings. The molecule has 4 rings (SSSR count). The maximum atomic E-state index is 6.13. The molecule has 0 saturated carbocycles. The lowest BCUT2D eigenvalue weighted by Gasteiger charge is -2.15. The van der Waals surface area contributed by atoms with Crippen LogP contribution in [-0.4, -0.2) is 6.54 Å². The van der Waals surface area contributed by atoms with Crippen molar-refractivity contribution >= 4 is 33.3 Å². The predicted molar refractivity (Wildman–Crippen MR) is 114 cm³/mol. The van der Waals surface area contributed by atoms with Gasteiger partial charge in [0.15, 0.2) is 5.75 Å². The lowest BCUT2D eigenvalue weighted by atomic mass is 10.1. The third-order valence-electron chi connectivity index (χ3n) is 5.09. The molecule has 0 fully saturated rings. The van der Waals surface area contributed by atoms with Gasteiger partial charge in [-0.25, -0.2) is 0 Å². The number of allylic oxidation sites excluding steroid dienone is 2. The first-order valence-corrected chi connectivity index (χ1v) is 10.3. The van der Waals surface area contributed by atoms with E-state index in [0.717, 1.165) is 30.4 Å². The number of para-hydroxylation sites is 1. The smallest absolute Gasteiger partial charge is 0.262 e. The van der Waals surface area contributed by atoms with Gasteiger partial charge in [-0.1, -0.05) is 23.5 Å². The van der Waals surface area contributed by atoms with Crippen LogP contribution >= 0.6 is 11.3 Å². The van der Waals surface area contributed by atoms with Crippen LogP contribution in [0.4, 0.5) is 5.69 Å². The van der Waals surface area contributed by atoms with Gasteiger partial charge in [0, 0.05) is 18.7 Å². The zero-order valence-corrected chi connectivity index (χ0v) is 19.7. The number of nitrogens with zero attached hydrogens (tertiary/aromatic N) is 2. The van der Waals surface area contributed by atoms with Crippen molar-refractivity contribution in [3.8, 4) is 5.75 Å². The van der Waals surface area contributed by atoms with Crippen molar-refractivity contribution < 1.29 is 33.3 Å². The van der Waals surface area contributed by atoms with Gasteiger partial charge in [0.05, 0.1) is 5.69 Å². The highest BCUT2D eigenvalue weighted by atomic mass is 127. The van der Waals surface area contributed by atoms with Crippen LogP contribution in [0.3, 0.4) is 0 Å². The van der Waals surface area contributed by atoms with Crippen molar-refractivity contribution in [3.63, 3.8) is 0 Å². The normalized spacial score (nSPS) is 14.6. The molecule has 0 spiro atoms. The van der Waals surface area contributed by atoms with Crippen molar-refractivity contribution in [2.75, 3.05) is 11.4 Å². The van der Waals surface area contributed by atoms with Crippen LogP contribution in [0, 0.1) is 13.8 Å². The second-order valence-corrected chi connectivity index (χ2v) is 7.83. The van der Waals surface area contributed by atoms with Crippen LogP contribution in [-0.2, 0) is 6.54 Å². The molecule has 0 unspecified atom stereocenters. The van der Waals surface area contributed by atoms with Gasteiger partial charge in [-0.2, -0.15) is 4.57 Å². The third-order valence-corrected chi connectivity index (χ3v) is 6.22. The number of hydrogen-bond donors (Lipinski definition) is 0. The summed E-state index contributed by atoms with van der Waals surface area (Å²) < 4.78 is 9.80. The summed E-state index contributed by atoms with van der Waals surface area (Å²) in [4.78, 5) is 2.23. The van der Waals surface area contributed by atoms with Gasteiger partial charge in [-0.05, 0) is 69.2 Å². The molecule has 0 radical (unpaired) electrons. The third kappa shape index (κ3) is 3.70. The van der Waals surface area contributed by atoms with Crippen molar-refractivity contribution in [2.24, 2.45) is 0 Å². The molecule has 0 aliphatic carbocycles. The molecule has 3 aromatic rings. The van der Waals surface area contributed by atoms with E-state index in [9.17, 15) is 0 Å². The first kappa shape index (κ1) is 20.9. The number of fused-ring (bicyclic) bond motifs is 2. The number of benzene rings is 2. The molecule has 28 heavy (non-hydrogen) atoms.